The van der Waals surface area contributed by atoms with Gasteiger partial charge in [-0.25, -0.2) is 18.7 Å². The van der Waals surface area contributed by atoms with Crippen molar-refractivity contribution in [1.82, 2.24) is 15.0 Å². The third-order valence-electron chi connectivity index (χ3n) is 6.23. The highest BCUT2D eigenvalue weighted by Crippen LogP contribution is 2.36. The number of nitrogens with zero attached hydrogens (tertiary/aromatic N) is 4. The average molecular weight is 503 g/mol. The van der Waals surface area contributed by atoms with E-state index in [1.807, 2.05) is 4.90 Å². The van der Waals surface area contributed by atoms with Crippen LogP contribution in [-0.4, -0.2) is 45.2 Å². The largest absolute Gasteiger partial charge is 0.393 e. The number of rotatable bonds is 6. The van der Waals surface area contributed by atoms with Gasteiger partial charge in [-0.1, -0.05) is 18.7 Å². The highest BCUT2D eigenvalue weighted by atomic mass is 19.1. The normalized spacial score (nSPS) is 14.0. The van der Waals surface area contributed by atoms with Crippen LogP contribution in [0, 0.1) is 5.82 Å². The molecule has 5 rings (SSSR count). The van der Waals surface area contributed by atoms with Crippen LogP contribution in [0.15, 0.2) is 73.5 Å². The molecule has 3 N–H and O–H groups in total. The summed E-state index contributed by atoms with van der Waals surface area (Å²) in [5.41, 5.74) is 3.05. The van der Waals surface area contributed by atoms with Gasteiger partial charge < -0.3 is 20.6 Å². The maximum atomic E-state index is 14.3. The van der Waals surface area contributed by atoms with Gasteiger partial charge in [0.1, 0.15) is 18.0 Å². The van der Waals surface area contributed by atoms with Gasteiger partial charge in [0.25, 0.3) is 5.91 Å². The van der Waals surface area contributed by atoms with Crippen molar-refractivity contribution in [3.8, 4) is 11.3 Å². The molecule has 3 heterocycles. The summed E-state index contributed by atoms with van der Waals surface area (Å²) in [5, 5.41) is 16.3. The molecule has 0 bridgehead atoms. The number of carbonyl (C=O) groups is 1. The number of aliphatic hydroxyl groups is 1. The number of pyridine rings is 1. The zero-order valence-corrected chi connectivity index (χ0v) is 19.8. The second-order valence-corrected chi connectivity index (χ2v) is 8.72. The van der Waals surface area contributed by atoms with Gasteiger partial charge in [-0.05, 0) is 49.2 Å². The molecule has 0 unspecified atom stereocenters. The molecule has 2 aromatic heterocycles. The number of anilines is 4. The van der Waals surface area contributed by atoms with E-state index in [1.165, 1.54) is 12.4 Å². The number of fused-ring (bicyclic) bond motifs is 1. The lowest BCUT2D eigenvalue weighted by Crippen LogP contribution is -2.36. The highest BCUT2D eigenvalue weighted by molar-refractivity contribution is 6.07. The van der Waals surface area contributed by atoms with Crippen molar-refractivity contribution >= 4 is 39.7 Å². The van der Waals surface area contributed by atoms with Crippen LogP contribution in [-0.2, 0) is 4.79 Å². The molecule has 37 heavy (non-hydrogen) atoms. The lowest BCUT2D eigenvalue weighted by molar-refractivity contribution is -0.114. The molecule has 0 atom stereocenters. The monoisotopic (exact) mass is 502 g/mol. The lowest BCUT2D eigenvalue weighted by atomic mass is 10.1. The molecule has 4 aromatic rings. The van der Waals surface area contributed by atoms with Crippen LogP contribution in [0.2, 0.25) is 0 Å². The minimum atomic E-state index is -1.11. The molecule has 2 aromatic carbocycles. The number of piperidine rings is 1. The Morgan fingerprint density at radius 1 is 1.08 bits per heavy atom. The van der Waals surface area contributed by atoms with E-state index in [4.69, 9.17) is 0 Å². The van der Waals surface area contributed by atoms with E-state index in [0.29, 0.717) is 71.0 Å². The number of amides is 1. The first kappa shape index (κ1) is 24.3. The number of hydrogen-bond acceptors (Lipinski definition) is 7. The van der Waals surface area contributed by atoms with Gasteiger partial charge >= 0.3 is 0 Å². The number of aromatic nitrogens is 3. The molecular weight excluding hydrogens is 478 g/mol. The van der Waals surface area contributed by atoms with Crippen molar-refractivity contribution in [1.29, 1.82) is 0 Å². The summed E-state index contributed by atoms with van der Waals surface area (Å²) in [5.74, 6) is -2.01. The number of carbonyl (C=O) groups excluding carboxylic acids is 1. The molecule has 8 nitrogen and oxygen atoms in total. The summed E-state index contributed by atoms with van der Waals surface area (Å²) in [6.07, 6.45) is 3.74. The van der Waals surface area contributed by atoms with E-state index in [9.17, 15) is 18.7 Å². The number of hydrogen-bond donors (Lipinski definition) is 3. The van der Waals surface area contributed by atoms with Gasteiger partial charge in [0.2, 0.25) is 0 Å². The van der Waals surface area contributed by atoms with Crippen molar-refractivity contribution in [2.24, 2.45) is 0 Å². The predicted molar refractivity (Wildman–Crippen MR) is 139 cm³/mol. The fourth-order valence-corrected chi connectivity index (χ4v) is 4.31. The van der Waals surface area contributed by atoms with E-state index in [2.05, 4.69) is 32.2 Å². The van der Waals surface area contributed by atoms with Crippen LogP contribution >= 0.6 is 0 Å². The molecule has 0 radical (unpaired) electrons. The van der Waals surface area contributed by atoms with Crippen LogP contribution in [0.25, 0.3) is 22.2 Å². The van der Waals surface area contributed by atoms with Gasteiger partial charge in [-0.15, -0.1) is 0 Å². The van der Waals surface area contributed by atoms with Gasteiger partial charge in [-0.3, -0.25) is 9.78 Å². The third-order valence-corrected chi connectivity index (χ3v) is 6.23. The summed E-state index contributed by atoms with van der Waals surface area (Å²) in [6.45, 7) is 4.22. The summed E-state index contributed by atoms with van der Waals surface area (Å²) in [6, 6.07) is 13.3. The van der Waals surface area contributed by atoms with Crippen LogP contribution in [0.1, 0.15) is 12.8 Å². The molecule has 0 aliphatic carbocycles. The predicted octanol–water partition coefficient (Wildman–Crippen LogP) is 4.96. The molecule has 1 saturated heterocycles. The number of aliphatic hydroxyl groups excluding tert-OH is 1. The molecule has 1 aliphatic heterocycles. The lowest BCUT2D eigenvalue weighted by Gasteiger charge is -2.33. The Kier molecular flexibility index (Phi) is 6.74. The molecule has 188 valence electrons. The van der Waals surface area contributed by atoms with E-state index in [1.54, 1.807) is 48.7 Å². The fraction of sp³-hybridized carbons (Fsp3) is 0.185. The topological polar surface area (TPSA) is 103 Å². The van der Waals surface area contributed by atoms with Crippen LogP contribution in [0.3, 0.4) is 0 Å². The third kappa shape index (κ3) is 5.24. The van der Waals surface area contributed by atoms with Gasteiger partial charge in [-0.2, -0.15) is 0 Å². The van der Waals surface area contributed by atoms with E-state index in [0.717, 1.165) is 0 Å². The van der Waals surface area contributed by atoms with Gasteiger partial charge in [0.15, 0.2) is 5.83 Å². The molecule has 1 amide bonds. The summed E-state index contributed by atoms with van der Waals surface area (Å²) >= 11 is 0. The Bertz CT molecular complexity index is 1490. The van der Waals surface area contributed by atoms with Crippen LogP contribution in [0.4, 0.5) is 31.7 Å². The standard InChI is InChI=1S/C27H24F2N6O2/c1-16(28)27(37)34-24-13-20-23(14-25(24)35-10-7-18(36)8-11-35)31-15-32-26(20)33-17-6-9-30-22(12-17)19-4-2-3-5-21(19)29/h2-6,9,12-15,18,36H,1,7-8,10-11H2,(H,34,37)(H,30,31,32,33). The van der Waals surface area contributed by atoms with Crippen molar-refractivity contribution in [2.75, 3.05) is 28.6 Å². The molecule has 0 saturated carbocycles. The molecular formula is C27H24F2N6O2. The maximum Gasteiger partial charge on any atom is 0.283 e. The highest BCUT2D eigenvalue weighted by Gasteiger charge is 2.22. The quantitative estimate of drug-likeness (QED) is 0.320. The smallest absolute Gasteiger partial charge is 0.283 e. The van der Waals surface area contributed by atoms with Crippen molar-refractivity contribution in [3.05, 3.63) is 79.3 Å². The zero-order chi connectivity index (χ0) is 25.9. The summed E-state index contributed by atoms with van der Waals surface area (Å²) in [4.78, 5) is 27.2. The number of nitrogens with one attached hydrogen (secondary N) is 2. The SMILES string of the molecule is C=C(F)C(=O)Nc1cc2c(Nc3ccnc(-c4ccccc4F)c3)ncnc2cc1N1CCC(O)CC1. The summed E-state index contributed by atoms with van der Waals surface area (Å²) < 4.78 is 27.9. The van der Waals surface area contributed by atoms with Gasteiger partial charge in [0, 0.05) is 35.9 Å². The zero-order valence-electron chi connectivity index (χ0n) is 19.8. The first-order chi connectivity index (χ1) is 17.9. The summed E-state index contributed by atoms with van der Waals surface area (Å²) in [7, 11) is 0. The number of halogens is 2. The maximum absolute atomic E-state index is 14.3. The van der Waals surface area contributed by atoms with Crippen molar-refractivity contribution in [2.45, 2.75) is 18.9 Å². The van der Waals surface area contributed by atoms with E-state index >= 15 is 0 Å². The van der Waals surface area contributed by atoms with Crippen molar-refractivity contribution < 1.29 is 18.7 Å². The Hall–Kier alpha value is -4.44. The minimum Gasteiger partial charge on any atom is -0.393 e. The molecule has 0 spiro atoms. The van der Waals surface area contributed by atoms with Gasteiger partial charge in [0.05, 0.1) is 28.7 Å². The molecule has 1 aliphatic rings. The second kappa shape index (κ2) is 10.3. The van der Waals surface area contributed by atoms with Crippen LogP contribution < -0.4 is 15.5 Å². The second-order valence-electron chi connectivity index (χ2n) is 8.72. The van der Waals surface area contributed by atoms with E-state index < -0.39 is 11.7 Å². The first-order valence-electron chi connectivity index (χ1n) is 11.7. The molecule has 10 heteroatoms. The average Bonchev–Trinajstić information content (AvgIpc) is 2.89. The fourth-order valence-electron chi connectivity index (χ4n) is 4.31. The minimum absolute atomic E-state index is 0.367. The number of benzene rings is 2. The van der Waals surface area contributed by atoms with Crippen molar-refractivity contribution in [3.63, 3.8) is 0 Å². The molecule has 1 fully saturated rings. The Balaban J connectivity index is 1.54. The van der Waals surface area contributed by atoms with Crippen LogP contribution in [0.5, 0.6) is 0 Å². The van der Waals surface area contributed by atoms with E-state index in [-0.39, 0.29) is 11.9 Å². The Morgan fingerprint density at radius 3 is 2.62 bits per heavy atom. The first-order valence-corrected chi connectivity index (χ1v) is 11.7. The Labute approximate surface area is 211 Å². The Morgan fingerprint density at radius 2 is 1.86 bits per heavy atom.